The Balaban J connectivity index is 3.39. The first kappa shape index (κ1) is 11.9. The Morgan fingerprint density at radius 3 is 2.58 bits per heavy atom. The summed E-state index contributed by atoms with van der Waals surface area (Å²) in [5.74, 6) is 0. The van der Waals surface area contributed by atoms with E-state index in [1.54, 1.807) is 7.11 Å². The molecule has 0 saturated heterocycles. The molecular formula is C9H21NO2. The highest BCUT2D eigenvalue weighted by molar-refractivity contribution is 4.58. The zero-order valence-electron chi connectivity index (χ0n) is 8.42. The average molecular weight is 175 g/mol. The maximum absolute atomic E-state index is 9.14. The Hall–Kier alpha value is -0.120. The Morgan fingerprint density at radius 2 is 2.17 bits per heavy atom. The standard InChI is InChI=1S/C9H21NO2/c1-4-10(8-9(2)11)6-5-7-12-3/h9,11H,4-8H2,1-3H3. The van der Waals surface area contributed by atoms with Crippen molar-refractivity contribution in [2.45, 2.75) is 26.4 Å². The molecule has 3 heteroatoms. The lowest BCUT2D eigenvalue weighted by Gasteiger charge is -2.21. The van der Waals surface area contributed by atoms with Crippen LogP contribution in [0.1, 0.15) is 20.3 Å². The summed E-state index contributed by atoms with van der Waals surface area (Å²) in [7, 11) is 1.71. The van der Waals surface area contributed by atoms with E-state index in [9.17, 15) is 0 Å². The summed E-state index contributed by atoms with van der Waals surface area (Å²) < 4.78 is 4.95. The fourth-order valence-electron chi connectivity index (χ4n) is 1.18. The average Bonchev–Trinajstić information content (AvgIpc) is 2.02. The van der Waals surface area contributed by atoms with Crippen molar-refractivity contribution >= 4 is 0 Å². The third kappa shape index (κ3) is 6.58. The van der Waals surface area contributed by atoms with Gasteiger partial charge in [0.05, 0.1) is 6.10 Å². The molecule has 12 heavy (non-hydrogen) atoms. The molecule has 0 heterocycles. The lowest BCUT2D eigenvalue weighted by molar-refractivity contribution is 0.118. The van der Waals surface area contributed by atoms with Crippen LogP contribution in [0, 0.1) is 0 Å². The van der Waals surface area contributed by atoms with Crippen molar-refractivity contribution in [1.29, 1.82) is 0 Å². The van der Waals surface area contributed by atoms with Gasteiger partial charge in [0.15, 0.2) is 0 Å². The molecule has 0 aromatic rings. The summed E-state index contributed by atoms with van der Waals surface area (Å²) in [4.78, 5) is 2.23. The molecule has 0 fully saturated rings. The molecule has 0 radical (unpaired) electrons. The second kappa shape index (κ2) is 7.53. The summed E-state index contributed by atoms with van der Waals surface area (Å²) >= 11 is 0. The van der Waals surface area contributed by atoms with E-state index >= 15 is 0 Å². The normalized spacial score (nSPS) is 13.8. The van der Waals surface area contributed by atoms with Gasteiger partial charge in [0.1, 0.15) is 0 Å². The van der Waals surface area contributed by atoms with Crippen LogP contribution >= 0.6 is 0 Å². The summed E-state index contributed by atoms with van der Waals surface area (Å²) in [6.07, 6.45) is 0.810. The van der Waals surface area contributed by atoms with Crippen molar-refractivity contribution in [2.75, 3.05) is 33.4 Å². The first-order valence-corrected chi connectivity index (χ1v) is 4.60. The Morgan fingerprint density at radius 1 is 1.50 bits per heavy atom. The number of rotatable bonds is 7. The molecule has 0 aliphatic heterocycles. The summed E-state index contributed by atoms with van der Waals surface area (Å²) in [6.45, 7) is 7.49. The van der Waals surface area contributed by atoms with Gasteiger partial charge in [-0.25, -0.2) is 0 Å². The van der Waals surface area contributed by atoms with E-state index < -0.39 is 0 Å². The van der Waals surface area contributed by atoms with Gasteiger partial charge >= 0.3 is 0 Å². The molecule has 1 unspecified atom stereocenters. The van der Waals surface area contributed by atoms with Gasteiger partial charge < -0.3 is 14.7 Å². The van der Waals surface area contributed by atoms with Crippen LogP contribution in [0.5, 0.6) is 0 Å². The monoisotopic (exact) mass is 175 g/mol. The van der Waals surface area contributed by atoms with Crippen molar-refractivity contribution in [1.82, 2.24) is 4.90 Å². The minimum atomic E-state index is -0.229. The third-order valence-corrected chi connectivity index (χ3v) is 1.79. The van der Waals surface area contributed by atoms with E-state index in [-0.39, 0.29) is 6.10 Å². The maximum atomic E-state index is 9.14. The van der Waals surface area contributed by atoms with E-state index in [1.807, 2.05) is 6.92 Å². The number of aliphatic hydroxyl groups excluding tert-OH is 1. The highest BCUT2D eigenvalue weighted by atomic mass is 16.5. The molecule has 0 bridgehead atoms. The largest absolute Gasteiger partial charge is 0.392 e. The van der Waals surface area contributed by atoms with Gasteiger partial charge in [0, 0.05) is 26.8 Å². The Bertz CT molecular complexity index is 96.5. The van der Waals surface area contributed by atoms with E-state index in [0.717, 1.165) is 32.7 Å². The molecule has 0 aliphatic rings. The lowest BCUT2D eigenvalue weighted by atomic mass is 10.3. The highest BCUT2D eigenvalue weighted by Crippen LogP contribution is 1.94. The van der Waals surface area contributed by atoms with Crippen LogP contribution in [0.25, 0.3) is 0 Å². The molecule has 0 spiro atoms. The molecule has 0 aromatic carbocycles. The maximum Gasteiger partial charge on any atom is 0.0639 e. The zero-order valence-corrected chi connectivity index (χ0v) is 8.42. The minimum Gasteiger partial charge on any atom is -0.392 e. The van der Waals surface area contributed by atoms with E-state index in [1.165, 1.54) is 0 Å². The molecule has 1 atom stereocenters. The molecule has 74 valence electrons. The second-order valence-corrected chi connectivity index (χ2v) is 3.09. The van der Waals surface area contributed by atoms with E-state index in [0.29, 0.717) is 0 Å². The van der Waals surface area contributed by atoms with Gasteiger partial charge in [-0.3, -0.25) is 0 Å². The molecule has 0 aliphatic carbocycles. The number of likely N-dealkylation sites (N-methyl/N-ethyl adjacent to an activating group) is 1. The number of hydrogen-bond acceptors (Lipinski definition) is 3. The van der Waals surface area contributed by atoms with Crippen molar-refractivity contribution in [3.05, 3.63) is 0 Å². The Labute approximate surface area is 75.3 Å². The van der Waals surface area contributed by atoms with Gasteiger partial charge in [0.2, 0.25) is 0 Å². The molecule has 0 amide bonds. The summed E-state index contributed by atoms with van der Waals surface area (Å²) in [5.41, 5.74) is 0. The number of hydrogen-bond donors (Lipinski definition) is 1. The fraction of sp³-hybridized carbons (Fsp3) is 1.00. The van der Waals surface area contributed by atoms with Crippen LogP contribution in [0.15, 0.2) is 0 Å². The smallest absolute Gasteiger partial charge is 0.0639 e. The topological polar surface area (TPSA) is 32.7 Å². The lowest BCUT2D eigenvalue weighted by Crippen LogP contribution is -2.32. The quantitative estimate of drug-likeness (QED) is 0.579. The second-order valence-electron chi connectivity index (χ2n) is 3.09. The Kier molecular flexibility index (Phi) is 7.45. The molecule has 0 rings (SSSR count). The first-order chi connectivity index (χ1) is 5.70. The van der Waals surface area contributed by atoms with Crippen LogP contribution in [-0.2, 0) is 4.74 Å². The number of aliphatic hydroxyl groups is 1. The molecular weight excluding hydrogens is 154 g/mol. The van der Waals surface area contributed by atoms with Crippen molar-refractivity contribution in [3.63, 3.8) is 0 Å². The van der Waals surface area contributed by atoms with Gasteiger partial charge in [-0.15, -0.1) is 0 Å². The van der Waals surface area contributed by atoms with Crippen molar-refractivity contribution < 1.29 is 9.84 Å². The van der Waals surface area contributed by atoms with E-state index in [2.05, 4.69) is 11.8 Å². The van der Waals surface area contributed by atoms with Gasteiger partial charge in [-0.1, -0.05) is 6.92 Å². The van der Waals surface area contributed by atoms with Crippen LogP contribution < -0.4 is 0 Å². The molecule has 3 nitrogen and oxygen atoms in total. The predicted molar refractivity (Wildman–Crippen MR) is 50.3 cm³/mol. The molecule has 0 aromatic heterocycles. The minimum absolute atomic E-state index is 0.229. The SMILES string of the molecule is CCN(CCCOC)CC(C)O. The fourth-order valence-corrected chi connectivity index (χ4v) is 1.18. The van der Waals surface area contributed by atoms with E-state index in [4.69, 9.17) is 9.84 Å². The number of nitrogens with zero attached hydrogens (tertiary/aromatic N) is 1. The third-order valence-electron chi connectivity index (χ3n) is 1.79. The zero-order chi connectivity index (χ0) is 9.40. The number of methoxy groups -OCH3 is 1. The van der Waals surface area contributed by atoms with Crippen LogP contribution in [0.3, 0.4) is 0 Å². The van der Waals surface area contributed by atoms with Crippen molar-refractivity contribution in [3.8, 4) is 0 Å². The van der Waals surface area contributed by atoms with Crippen LogP contribution in [0.4, 0.5) is 0 Å². The molecule has 0 saturated carbocycles. The summed E-state index contributed by atoms with van der Waals surface area (Å²) in [6, 6.07) is 0. The highest BCUT2D eigenvalue weighted by Gasteiger charge is 2.04. The number of ether oxygens (including phenoxy) is 1. The van der Waals surface area contributed by atoms with Gasteiger partial charge in [-0.2, -0.15) is 0 Å². The van der Waals surface area contributed by atoms with Crippen molar-refractivity contribution in [2.24, 2.45) is 0 Å². The first-order valence-electron chi connectivity index (χ1n) is 4.60. The van der Waals surface area contributed by atoms with Gasteiger partial charge in [0.25, 0.3) is 0 Å². The van der Waals surface area contributed by atoms with Gasteiger partial charge in [-0.05, 0) is 19.9 Å². The van der Waals surface area contributed by atoms with Crippen LogP contribution in [0.2, 0.25) is 0 Å². The molecule has 1 N–H and O–H groups in total. The van der Waals surface area contributed by atoms with Crippen LogP contribution in [-0.4, -0.2) is 49.5 Å². The predicted octanol–water partition coefficient (Wildman–Crippen LogP) is 0.726. The summed E-state index contributed by atoms with van der Waals surface area (Å²) in [5, 5.41) is 9.14.